The van der Waals surface area contributed by atoms with E-state index in [0.29, 0.717) is 59.5 Å². The summed E-state index contributed by atoms with van der Waals surface area (Å²) in [6, 6.07) is 14.9. The third kappa shape index (κ3) is 6.38. The van der Waals surface area contributed by atoms with Gasteiger partial charge in [0.05, 0.1) is 27.2 Å². The standard InChI is InChI=1S/C25H18BrCl2FN2O3S/c1-2-33-20-10-15(17(26)12-21(20)34-13-14-5-3-6-16(29)9-14)11-22-24(32)31-25(35-22)30-19-8-4-7-18(27)23(19)28/h3-12H,2,13H2,1H3,(H,30,31,32)/b22-11+. The van der Waals surface area contributed by atoms with E-state index < -0.39 is 0 Å². The first-order chi connectivity index (χ1) is 16.8. The van der Waals surface area contributed by atoms with Crippen LogP contribution in [-0.2, 0) is 11.4 Å². The Hall–Kier alpha value is -2.52. The number of nitrogens with one attached hydrogen (secondary N) is 1. The number of benzene rings is 3. The summed E-state index contributed by atoms with van der Waals surface area (Å²) in [5, 5.41) is 3.82. The average molecular weight is 596 g/mol. The summed E-state index contributed by atoms with van der Waals surface area (Å²) in [5.74, 6) is 0.379. The Bertz CT molecular complexity index is 1350. The zero-order chi connectivity index (χ0) is 24.9. The number of thioether (sulfide) groups is 1. The van der Waals surface area contributed by atoms with Crippen molar-refractivity contribution < 1.29 is 18.7 Å². The lowest BCUT2D eigenvalue weighted by Crippen LogP contribution is -2.19. The number of carbonyl (C=O) groups excluding carboxylic acids is 1. The number of rotatable bonds is 7. The first-order valence-corrected chi connectivity index (χ1v) is 12.8. The zero-order valence-electron chi connectivity index (χ0n) is 18.3. The highest BCUT2D eigenvalue weighted by Gasteiger charge is 2.25. The van der Waals surface area contributed by atoms with Gasteiger partial charge in [0.1, 0.15) is 12.4 Å². The predicted molar refractivity (Wildman–Crippen MR) is 143 cm³/mol. The molecule has 1 aliphatic heterocycles. The second-order valence-corrected chi connectivity index (χ2v) is 9.90. The third-order valence-electron chi connectivity index (χ3n) is 4.74. The highest BCUT2D eigenvalue weighted by molar-refractivity contribution is 9.10. The van der Waals surface area contributed by atoms with E-state index in [0.717, 1.165) is 0 Å². The van der Waals surface area contributed by atoms with Gasteiger partial charge in [-0.2, -0.15) is 0 Å². The maximum atomic E-state index is 13.5. The van der Waals surface area contributed by atoms with Crippen LogP contribution in [-0.4, -0.2) is 17.7 Å². The van der Waals surface area contributed by atoms with Gasteiger partial charge >= 0.3 is 0 Å². The van der Waals surface area contributed by atoms with Crippen LogP contribution in [0.5, 0.6) is 11.5 Å². The van der Waals surface area contributed by atoms with Crippen molar-refractivity contribution >= 4 is 73.7 Å². The monoisotopic (exact) mass is 594 g/mol. The van der Waals surface area contributed by atoms with Gasteiger partial charge in [-0.15, -0.1) is 0 Å². The summed E-state index contributed by atoms with van der Waals surface area (Å²) < 4.78 is 25.8. The lowest BCUT2D eigenvalue weighted by Gasteiger charge is -2.14. The lowest BCUT2D eigenvalue weighted by atomic mass is 10.1. The Labute approximate surface area is 224 Å². The first-order valence-electron chi connectivity index (χ1n) is 10.4. The molecular weight excluding hydrogens is 578 g/mol. The SMILES string of the molecule is CCOc1cc(/C=C2/SC(=Nc3cccc(Cl)c3Cl)NC2=O)c(Br)cc1OCc1cccc(F)c1. The first kappa shape index (κ1) is 25.6. The van der Waals surface area contributed by atoms with Crippen LogP contribution in [0.3, 0.4) is 0 Å². The van der Waals surface area contributed by atoms with E-state index in [9.17, 15) is 9.18 Å². The second kappa shape index (κ2) is 11.5. The van der Waals surface area contributed by atoms with Crippen LogP contribution in [0.25, 0.3) is 6.08 Å². The van der Waals surface area contributed by atoms with Gasteiger partial charge in [0.25, 0.3) is 5.91 Å². The molecule has 0 aromatic heterocycles. The molecule has 1 aliphatic rings. The number of amides is 1. The van der Waals surface area contributed by atoms with Gasteiger partial charge in [-0.05, 0) is 72.3 Å². The van der Waals surface area contributed by atoms with Gasteiger partial charge in [-0.1, -0.05) is 57.3 Å². The Morgan fingerprint density at radius 1 is 1.11 bits per heavy atom. The fraction of sp³-hybridized carbons (Fsp3) is 0.120. The Kier molecular flexibility index (Phi) is 8.38. The minimum atomic E-state index is -0.327. The highest BCUT2D eigenvalue weighted by Crippen LogP contribution is 2.38. The molecule has 0 aliphatic carbocycles. The molecule has 0 radical (unpaired) electrons. The number of carbonyl (C=O) groups is 1. The van der Waals surface area contributed by atoms with Crippen molar-refractivity contribution in [1.29, 1.82) is 0 Å². The van der Waals surface area contributed by atoms with Crippen LogP contribution >= 0.6 is 50.9 Å². The average Bonchev–Trinajstić information content (AvgIpc) is 3.16. The smallest absolute Gasteiger partial charge is 0.264 e. The lowest BCUT2D eigenvalue weighted by molar-refractivity contribution is -0.115. The summed E-state index contributed by atoms with van der Waals surface area (Å²) in [4.78, 5) is 17.4. The molecule has 10 heteroatoms. The summed E-state index contributed by atoms with van der Waals surface area (Å²) in [6.45, 7) is 2.45. The van der Waals surface area contributed by atoms with Crippen molar-refractivity contribution in [1.82, 2.24) is 5.32 Å². The second-order valence-electron chi connectivity index (χ2n) is 7.23. The number of ether oxygens (including phenoxy) is 2. The highest BCUT2D eigenvalue weighted by atomic mass is 79.9. The molecule has 180 valence electrons. The van der Waals surface area contributed by atoms with Gasteiger partial charge < -0.3 is 14.8 Å². The van der Waals surface area contributed by atoms with Crippen LogP contribution in [0.2, 0.25) is 10.0 Å². The van der Waals surface area contributed by atoms with Crippen LogP contribution in [0.4, 0.5) is 10.1 Å². The maximum absolute atomic E-state index is 13.5. The van der Waals surface area contributed by atoms with E-state index in [1.165, 1.54) is 23.9 Å². The van der Waals surface area contributed by atoms with Crippen LogP contribution < -0.4 is 14.8 Å². The molecule has 0 spiro atoms. The number of amidine groups is 1. The molecule has 1 fully saturated rings. The van der Waals surface area contributed by atoms with E-state index in [-0.39, 0.29) is 18.3 Å². The molecule has 1 N–H and O–H groups in total. The molecule has 4 rings (SSSR count). The summed E-state index contributed by atoms with van der Waals surface area (Å²) in [5.41, 5.74) is 1.87. The third-order valence-corrected chi connectivity index (χ3v) is 7.14. The van der Waals surface area contributed by atoms with E-state index >= 15 is 0 Å². The molecule has 35 heavy (non-hydrogen) atoms. The van der Waals surface area contributed by atoms with Crippen molar-refractivity contribution in [2.75, 3.05) is 6.61 Å². The normalized spacial score (nSPS) is 15.5. The van der Waals surface area contributed by atoms with E-state index in [1.54, 1.807) is 48.5 Å². The molecule has 0 unspecified atom stereocenters. The van der Waals surface area contributed by atoms with Crippen molar-refractivity contribution in [2.24, 2.45) is 4.99 Å². The van der Waals surface area contributed by atoms with Gasteiger partial charge in [0.2, 0.25) is 0 Å². The van der Waals surface area contributed by atoms with Gasteiger partial charge in [0.15, 0.2) is 16.7 Å². The Morgan fingerprint density at radius 3 is 2.66 bits per heavy atom. The van der Waals surface area contributed by atoms with Gasteiger partial charge in [0, 0.05) is 4.47 Å². The Morgan fingerprint density at radius 2 is 1.89 bits per heavy atom. The van der Waals surface area contributed by atoms with Crippen molar-refractivity contribution in [3.8, 4) is 11.5 Å². The summed E-state index contributed by atoms with van der Waals surface area (Å²) in [7, 11) is 0. The molecule has 3 aromatic carbocycles. The number of nitrogens with zero attached hydrogens (tertiary/aromatic N) is 1. The molecular formula is C25H18BrCl2FN2O3S. The molecule has 0 atom stereocenters. The summed E-state index contributed by atoms with van der Waals surface area (Å²) in [6.07, 6.45) is 1.73. The number of hydrogen-bond donors (Lipinski definition) is 1. The zero-order valence-corrected chi connectivity index (χ0v) is 22.2. The molecule has 5 nitrogen and oxygen atoms in total. The largest absolute Gasteiger partial charge is 0.490 e. The van der Waals surface area contributed by atoms with Gasteiger partial charge in [-0.3, -0.25) is 4.79 Å². The van der Waals surface area contributed by atoms with Crippen molar-refractivity contribution in [3.63, 3.8) is 0 Å². The fourth-order valence-electron chi connectivity index (χ4n) is 3.14. The Balaban J connectivity index is 1.57. The topological polar surface area (TPSA) is 59.9 Å². The van der Waals surface area contributed by atoms with Gasteiger partial charge in [-0.25, -0.2) is 9.38 Å². The fourth-order valence-corrected chi connectivity index (χ4v) is 4.74. The minimum Gasteiger partial charge on any atom is -0.490 e. The molecule has 1 heterocycles. The van der Waals surface area contributed by atoms with Crippen LogP contribution in [0.15, 0.2) is 69.0 Å². The number of halogens is 4. The minimum absolute atomic E-state index is 0.175. The van der Waals surface area contributed by atoms with Crippen LogP contribution in [0, 0.1) is 5.82 Å². The van der Waals surface area contributed by atoms with Crippen molar-refractivity contribution in [3.05, 3.63) is 91.0 Å². The van der Waals surface area contributed by atoms with Crippen LogP contribution in [0.1, 0.15) is 18.1 Å². The van der Waals surface area contributed by atoms with E-state index in [4.69, 9.17) is 32.7 Å². The number of aliphatic imine (C=N–C) groups is 1. The maximum Gasteiger partial charge on any atom is 0.264 e. The number of hydrogen-bond acceptors (Lipinski definition) is 5. The molecule has 0 bridgehead atoms. The van der Waals surface area contributed by atoms with Crippen molar-refractivity contribution in [2.45, 2.75) is 13.5 Å². The predicted octanol–water partition coefficient (Wildman–Crippen LogP) is 7.76. The van der Waals surface area contributed by atoms with E-state index in [2.05, 4.69) is 26.2 Å². The summed E-state index contributed by atoms with van der Waals surface area (Å²) >= 11 is 17.0. The van der Waals surface area contributed by atoms with E-state index in [1.807, 2.05) is 6.92 Å². The quantitative estimate of drug-likeness (QED) is 0.284. The molecule has 1 amide bonds. The molecule has 1 saturated heterocycles. The molecule has 3 aromatic rings. The molecule has 0 saturated carbocycles.